The zero-order valence-corrected chi connectivity index (χ0v) is 20.6. The first-order chi connectivity index (χ1) is 17.6. The minimum absolute atomic E-state index is 0.0904. The van der Waals surface area contributed by atoms with E-state index in [1.165, 1.54) is 5.56 Å². The number of hydrogen-bond donors (Lipinski definition) is 2. The number of H-pyrrole nitrogens is 1. The second kappa shape index (κ2) is 10.9. The van der Waals surface area contributed by atoms with Crippen molar-refractivity contribution in [3.63, 3.8) is 0 Å². The summed E-state index contributed by atoms with van der Waals surface area (Å²) in [4.78, 5) is 38.2. The summed E-state index contributed by atoms with van der Waals surface area (Å²) in [6, 6.07) is 18.0. The van der Waals surface area contributed by atoms with Crippen LogP contribution in [0.3, 0.4) is 0 Å². The number of nitrogens with zero attached hydrogens (tertiary/aromatic N) is 3. The Labute approximate surface area is 215 Å². The van der Waals surface area contributed by atoms with Crippen LogP contribution >= 0.6 is 11.6 Å². The summed E-state index contributed by atoms with van der Waals surface area (Å²) < 4.78 is 0. The zero-order chi connectivity index (χ0) is 24.9. The van der Waals surface area contributed by atoms with Gasteiger partial charge in [-0.1, -0.05) is 48.0 Å². The van der Waals surface area contributed by atoms with Gasteiger partial charge in [0, 0.05) is 67.8 Å². The van der Waals surface area contributed by atoms with Crippen LogP contribution in [-0.4, -0.2) is 64.3 Å². The highest BCUT2D eigenvalue weighted by molar-refractivity contribution is 6.35. The van der Waals surface area contributed by atoms with Crippen molar-refractivity contribution in [2.75, 3.05) is 32.7 Å². The molecule has 8 heteroatoms. The van der Waals surface area contributed by atoms with Crippen LogP contribution in [0.2, 0.25) is 5.02 Å². The van der Waals surface area contributed by atoms with Crippen molar-refractivity contribution in [1.29, 1.82) is 0 Å². The van der Waals surface area contributed by atoms with Crippen LogP contribution in [0.4, 0.5) is 0 Å². The molecule has 1 aliphatic rings. The Bertz CT molecular complexity index is 1330. The Morgan fingerprint density at radius 3 is 2.50 bits per heavy atom. The molecule has 2 amide bonds. The lowest BCUT2D eigenvalue weighted by Crippen LogP contribution is -2.52. The molecular weight excluding hydrogens is 474 g/mol. The molecule has 36 heavy (non-hydrogen) atoms. The predicted molar refractivity (Wildman–Crippen MR) is 141 cm³/mol. The van der Waals surface area contributed by atoms with Gasteiger partial charge in [0.15, 0.2) is 0 Å². The molecule has 7 nitrogen and oxygen atoms in total. The van der Waals surface area contributed by atoms with E-state index in [2.05, 4.69) is 20.2 Å². The van der Waals surface area contributed by atoms with Crippen molar-refractivity contribution in [3.05, 3.63) is 101 Å². The zero-order valence-electron chi connectivity index (χ0n) is 19.9. The molecule has 2 aromatic heterocycles. The second-order valence-corrected chi connectivity index (χ2v) is 9.39. The van der Waals surface area contributed by atoms with Gasteiger partial charge in [-0.2, -0.15) is 0 Å². The lowest BCUT2D eigenvalue weighted by atomic mass is 10.0. The molecule has 4 aromatic rings. The SMILES string of the molecule is O=C(N[C@@H](C(=O)N1CCN(CCc2ccncc2)CC1)c1ccccc1)c1ccc2c(Cl)c[nH]c2c1. The first-order valence-electron chi connectivity index (χ1n) is 12.1. The molecule has 1 fully saturated rings. The maximum absolute atomic E-state index is 13.6. The second-order valence-electron chi connectivity index (χ2n) is 8.99. The molecule has 2 aromatic carbocycles. The van der Waals surface area contributed by atoms with Crippen LogP contribution in [0.5, 0.6) is 0 Å². The molecule has 0 saturated carbocycles. The molecule has 0 radical (unpaired) electrons. The maximum Gasteiger partial charge on any atom is 0.252 e. The molecule has 2 N–H and O–H groups in total. The monoisotopic (exact) mass is 501 g/mol. The number of benzene rings is 2. The van der Waals surface area contributed by atoms with Gasteiger partial charge in [0.05, 0.1) is 5.02 Å². The van der Waals surface area contributed by atoms with Crippen LogP contribution < -0.4 is 5.32 Å². The highest BCUT2D eigenvalue weighted by Crippen LogP contribution is 2.24. The van der Waals surface area contributed by atoms with E-state index in [4.69, 9.17) is 11.6 Å². The fourth-order valence-electron chi connectivity index (χ4n) is 4.59. The van der Waals surface area contributed by atoms with Gasteiger partial charge in [-0.05, 0) is 41.8 Å². The predicted octanol–water partition coefficient (Wildman–Crippen LogP) is 4.07. The van der Waals surface area contributed by atoms with Crippen molar-refractivity contribution in [3.8, 4) is 0 Å². The van der Waals surface area contributed by atoms with Gasteiger partial charge in [0.1, 0.15) is 6.04 Å². The van der Waals surface area contributed by atoms with E-state index < -0.39 is 6.04 Å². The van der Waals surface area contributed by atoms with E-state index in [0.29, 0.717) is 23.7 Å². The molecule has 1 atom stereocenters. The highest BCUT2D eigenvalue weighted by Gasteiger charge is 2.30. The van der Waals surface area contributed by atoms with Crippen LogP contribution in [-0.2, 0) is 11.2 Å². The summed E-state index contributed by atoms with van der Waals surface area (Å²) >= 11 is 6.17. The smallest absolute Gasteiger partial charge is 0.252 e. The third-order valence-electron chi connectivity index (χ3n) is 6.70. The number of hydrogen-bond acceptors (Lipinski definition) is 4. The fraction of sp³-hybridized carbons (Fsp3) is 0.250. The first kappa shape index (κ1) is 24.0. The number of rotatable bonds is 7. The van der Waals surface area contributed by atoms with E-state index in [1.807, 2.05) is 65.8 Å². The van der Waals surface area contributed by atoms with E-state index >= 15 is 0 Å². The highest BCUT2D eigenvalue weighted by atomic mass is 35.5. The number of aromatic nitrogens is 2. The van der Waals surface area contributed by atoms with Crippen molar-refractivity contribution >= 4 is 34.3 Å². The lowest BCUT2D eigenvalue weighted by molar-refractivity contribution is -0.135. The van der Waals surface area contributed by atoms with Crippen molar-refractivity contribution in [2.24, 2.45) is 0 Å². The molecule has 0 spiro atoms. The third-order valence-corrected chi connectivity index (χ3v) is 7.01. The van der Waals surface area contributed by atoms with E-state index in [0.717, 1.165) is 42.5 Å². The van der Waals surface area contributed by atoms with Crippen LogP contribution in [0.25, 0.3) is 10.9 Å². The summed E-state index contributed by atoms with van der Waals surface area (Å²) in [5.41, 5.74) is 3.27. The number of amides is 2. The number of aromatic amines is 1. The Hall–Kier alpha value is -3.68. The lowest BCUT2D eigenvalue weighted by Gasteiger charge is -2.36. The number of carbonyl (C=O) groups excluding carboxylic acids is 2. The summed E-state index contributed by atoms with van der Waals surface area (Å²) in [7, 11) is 0. The number of carbonyl (C=O) groups is 2. The van der Waals surface area contributed by atoms with Gasteiger partial charge >= 0.3 is 0 Å². The number of fused-ring (bicyclic) bond motifs is 1. The molecule has 184 valence electrons. The van der Waals surface area contributed by atoms with Crippen LogP contribution in [0.15, 0.2) is 79.3 Å². The van der Waals surface area contributed by atoms with Gasteiger partial charge in [-0.15, -0.1) is 0 Å². The standard InChI is InChI=1S/C28H28ClN5O2/c29-24-19-31-25-18-22(6-7-23(24)25)27(35)32-26(21-4-2-1-3-5-21)28(36)34-16-14-33(15-17-34)13-10-20-8-11-30-12-9-20/h1-9,11-12,18-19,26,31H,10,13-17H2,(H,32,35)/t26-/m1/s1. The fourth-order valence-corrected chi connectivity index (χ4v) is 4.81. The summed E-state index contributed by atoms with van der Waals surface area (Å²) in [6.45, 7) is 3.80. The van der Waals surface area contributed by atoms with E-state index in [-0.39, 0.29) is 11.8 Å². The Morgan fingerprint density at radius 2 is 1.75 bits per heavy atom. The van der Waals surface area contributed by atoms with Gasteiger partial charge < -0.3 is 15.2 Å². The molecule has 3 heterocycles. The van der Waals surface area contributed by atoms with Crippen molar-refractivity contribution in [2.45, 2.75) is 12.5 Å². The topological polar surface area (TPSA) is 81.3 Å². The minimum Gasteiger partial charge on any atom is -0.360 e. The Morgan fingerprint density at radius 1 is 1.00 bits per heavy atom. The molecule has 0 bridgehead atoms. The van der Waals surface area contributed by atoms with E-state index in [9.17, 15) is 9.59 Å². The molecule has 1 saturated heterocycles. The number of piperazine rings is 1. The number of nitrogens with one attached hydrogen (secondary N) is 2. The molecule has 0 aliphatic carbocycles. The minimum atomic E-state index is -0.759. The van der Waals surface area contributed by atoms with Crippen molar-refractivity contribution < 1.29 is 9.59 Å². The summed E-state index contributed by atoms with van der Waals surface area (Å²) in [5, 5.41) is 4.44. The third kappa shape index (κ3) is 5.42. The molecule has 0 unspecified atom stereocenters. The summed E-state index contributed by atoms with van der Waals surface area (Å²) in [5.74, 6) is -0.395. The van der Waals surface area contributed by atoms with Crippen LogP contribution in [0, 0.1) is 0 Å². The van der Waals surface area contributed by atoms with E-state index in [1.54, 1.807) is 18.3 Å². The Balaban J connectivity index is 1.26. The number of halogens is 1. The average molecular weight is 502 g/mol. The molecular formula is C28H28ClN5O2. The van der Waals surface area contributed by atoms with Crippen molar-refractivity contribution in [1.82, 2.24) is 25.1 Å². The number of pyridine rings is 1. The average Bonchev–Trinajstić information content (AvgIpc) is 3.31. The van der Waals surface area contributed by atoms with Gasteiger partial charge in [0.25, 0.3) is 5.91 Å². The van der Waals surface area contributed by atoms with Gasteiger partial charge in [0.2, 0.25) is 5.91 Å². The first-order valence-corrected chi connectivity index (χ1v) is 12.5. The largest absolute Gasteiger partial charge is 0.360 e. The summed E-state index contributed by atoms with van der Waals surface area (Å²) in [6.07, 6.45) is 6.28. The van der Waals surface area contributed by atoms with Gasteiger partial charge in [-0.3, -0.25) is 19.5 Å². The normalized spacial score (nSPS) is 15.1. The quantitative estimate of drug-likeness (QED) is 0.400. The maximum atomic E-state index is 13.6. The molecule has 1 aliphatic heterocycles. The Kier molecular flexibility index (Phi) is 7.30. The molecule has 5 rings (SSSR count). The van der Waals surface area contributed by atoms with Crippen LogP contribution in [0.1, 0.15) is 27.5 Å². The van der Waals surface area contributed by atoms with Gasteiger partial charge in [-0.25, -0.2) is 0 Å².